The Bertz CT molecular complexity index is 1470. The van der Waals surface area contributed by atoms with Crippen LogP contribution in [0.15, 0.2) is 74.3 Å². The Morgan fingerprint density at radius 2 is 1.74 bits per heavy atom. The fourth-order valence-electron chi connectivity index (χ4n) is 4.57. The van der Waals surface area contributed by atoms with Crippen LogP contribution in [-0.4, -0.2) is 24.5 Å². The molecule has 0 saturated carbocycles. The highest BCUT2D eigenvalue weighted by molar-refractivity contribution is 9.10. The first-order chi connectivity index (χ1) is 16.4. The van der Waals surface area contributed by atoms with Crippen LogP contribution in [0, 0.1) is 13.8 Å². The molecule has 34 heavy (non-hydrogen) atoms. The Morgan fingerprint density at radius 1 is 1.00 bits per heavy atom. The van der Waals surface area contributed by atoms with E-state index in [2.05, 4.69) is 15.9 Å². The highest BCUT2D eigenvalue weighted by atomic mass is 79.9. The average Bonchev–Trinajstić information content (AvgIpc) is 3.11. The largest absolute Gasteiger partial charge is 0.497 e. The molecule has 1 atom stereocenters. The second-order valence-electron chi connectivity index (χ2n) is 8.66. The summed E-state index contributed by atoms with van der Waals surface area (Å²) in [4.78, 5) is 29.1. The van der Waals surface area contributed by atoms with E-state index in [4.69, 9.17) is 9.15 Å². The third-order valence-electron chi connectivity index (χ3n) is 6.55. The first kappa shape index (κ1) is 22.4. The Hall–Kier alpha value is -3.38. The second-order valence-corrected chi connectivity index (χ2v) is 9.58. The maximum atomic E-state index is 13.7. The van der Waals surface area contributed by atoms with Crippen molar-refractivity contribution in [3.63, 3.8) is 0 Å². The number of aryl methyl sites for hydroxylation is 2. The van der Waals surface area contributed by atoms with Gasteiger partial charge in [0.15, 0.2) is 5.43 Å². The van der Waals surface area contributed by atoms with Gasteiger partial charge in [0.25, 0.3) is 5.91 Å². The van der Waals surface area contributed by atoms with Crippen molar-refractivity contribution in [2.75, 3.05) is 13.7 Å². The van der Waals surface area contributed by atoms with E-state index in [1.165, 1.54) is 0 Å². The highest BCUT2D eigenvalue weighted by Crippen LogP contribution is 2.39. The number of hydrogen-bond acceptors (Lipinski definition) is 4. The molecule has 5 rings (SSSR count). The number of hydrogen-bond donors (Lipinski definition) is 0. The summed E-state index contributed by atoms with van der Waals surface area (Å²) in [5, 5.41) is 0.506. The fourth-order valence-corrected chi connectivity index (χ4v) is 4.99. The molecule has 1 aliphatic rings. The highest BCUT2D eigenvalue weighted by Gasteiger charge is 2.42. The number of benzene rings is 3. The molecule has 3 aromatic carbocycles. The molecule has 5 nitrogen and oxygen atoms in total. The van der Waals surface area contributed by atoms with Gasteiger partial charge in [0.05, 0.1) is 24.1 Å². The lowest BCUT2D eigenvalue weighted by molar-refractivity contribution is 0.0730. The third kappa shape index (κ3) is 3.82. The lowest BCUT2D eigenvalue weighted by atomic mass is 9.97. The Morgan fingerprint density at radius 3 is 2.44 bits per heavy atom. The van der Waals surface area contributed by atoms with E-state index in [-0.39, 0.29) is 17.1 Å². The second kappa shape index (κ2) is 8.76. The number of rotatable bonds is 5. The lowest BCUT2D eigenvalue weighted by Crippen LogP contribution is -2.31. The summed E-state index contributed by atoms with van der Waals surface area (Å²) in [6, 6.07) is 18.7. The number of carbonyl (C=O) groups excluding carboxylic acids is 1. The molecule has 4 aromatic rings. The van der Waals surface area contributed by atoms with Gasteiger partial charge in [0.2, 0.25) is 5.76 Å². The van der Waals surface area contributed by atoms with E-state index in [0.29, 0.717) is 29.5 Å². The number of carbonyl (C=O) groups is 1. The summed E-state index contributed by atoms with van der Waals surface area (Å²) in [6.07, 6.45) is 0.639. The van der Waals surface area contributed by atoms with Crippen LogP contribution in [0.25, 0.3) is 11.0 Å². The zero-order valence-electron chi connectivity index (χ0n) is 19.2. The first-order valence-corrected chi connectivity index (χ1v) is 11.9. The molecule has 0 radical (unpaired) electrons. The van der Waals surface area contributed by atoms with Gasteiger partial charge in [-0.1, -0.05) is 40.2 Å². The molecule has 0 spiro atoms. The summed E-state index contributed by atoms with van der Waals surface area (Å²) < 4.78 is 12.2. The van der Waals surface area contributed by atoms with Crippen molar-refractivity contribution < 1.29 is 13.9 Å². The summed E-state index contributed by atoms with van der Waals surface area (Å²) in [5.74, 6) is 0.665. The number of methoxy groups -OCH3 is 1. The predicted molar refractivity (Wildman–Crippen MR) is 136 cm³/mol. The smallest absolute Gasteiger partial charge is 0.290 e. The fraction of sp³-hybridized carbons (Fsp3) is 0.214. The molecule has 1 unspecified atom stereocenters. The normalized spacial score (nSPS) is 15.1. The van der Waals surface area contributed by atoms with Crippen molar-refractivity contribution in [2.24, 2.45) is 0 Å². The monoisotopic (exact) mass is 517 g/mol. The van der Waals surface area contributed by atoms with E-state index in [9.17, 15) is 9.59 Å². The van der Waals surface area contributed by atoms with Crippen molar-refractivity contribution in [3.8, 4) is 5.75 Å². The van der Waals surface area contributed by atoms with Crippen LogP contribution in [0.2, 0.25) is 0 Å². The van der Waals surface area contributed by atoms with E-state index >= 15 is 0 Å². The predicted octanol–water partition coefficient (Wildman–Crippen LogP) is 5.97. The van der Waals surface area contributed by atoms with Gasteiger partial charge in [-0.3, -0.25) is 9.59 Å². The van der Waals surface area contributed by atoms with Gasteiger partial charge < -0.3 is 14.1 Å². The SMILES string of the molecule is COc1ccc(CCN2C(=O)c3oc4cc(C)c(C)cc4c(=O)c3C2c2cccc(Br)c2)cc1. The number of nitrogens with zero attached hydrogens (tertiary/aromatic N) is 1. The molecule has 172 valence electrons. The van der Waals surface area contributed by atoms with E-state index in [0.717, 1.165) is 32.5 Å². The summed E-state index contributed by atoms with van der Waals surface area (Å²) >= 11 is 3.53. The molecule has 0 N–H and O–H groups in total. The van der Waals surface area contributed by atoms with E-state index in [1.807, 2.05) is 74.5 Å². The molecular formula is C28H24BrNO4. The van der Waals surface area contributed by atoms with Crippen LogP contribution in [0.3, 0.4) is 0 Å². The van der Waals surface area contributed by atoms with Crippen molar-refractivity contribution in [1.29, 1.82) is 0 Å². The minimum absolute atomic E-state index is 0.139. The van der Waals surface area contributed by atoms with Crippen LogP contribution in [0.5, 0.6) is 5.75 Å². The standard InChI is InChI=1S/C28H24BrNO4/c1-16-13-22-23(14-17(16)2)34-27-24(26(22)31)25(19-5-4-6-20(29)15-19)30(28(27)32)12-11-18-7-9-21(33-3)10-8-18/h4-10,13-15,25H,11-12H2,1-3H3. The summed E-state index contributed by atoms with van der Waals surface area (Å²) in [5.41, 5.74) is 4.68. The minimum Gasteiger partial charge on any atom is -0.497 e. The Labute approximate surface area is 206 Å². The lowest BCUT2D eigenvalue weighted by Gasteiger charge is -2.25. The van der Waals surface area contributed by atoms with E-state index < -0.39 is 6.04 Å². The van der Waals surface area contributed by atoms with Crippen LogP contribution < -0.4 is 10.2 Å². The maximum Gasteiger partial charge on any atom is 0.290 e. The van der Waals surface area contributed by atoms with Gasteiger partial charge in [-0.2, -0.15) is 0 Å². The van der Waals surface area contributed by atoms with Crippen LogP contribution in [0.1, 0.15) is 44.4 Å². The molecule has 6 heteroatoms. The maximum absolute atomic E-state index is 13.7. The molecule has 2 heterocycles. The van der Waals surface area contributed by atoms with E-state index in [1.54, 1.807) is 12.0 Å². The van der Waals surface area contributed by atoms with Crippen molar-refractivity contribution >= 4 is 32.8 Å². The zero-order valence-corrected chi connectivity index (χ0v) is 20.8. The van der Waals surface area contributed by atoms with Gasteiger partial charge in [0.1, 0.15) is 11.3 Å². The third-order valence-corrected chi connectivity index (χ3v) is 7.04. The molecule has 1 amide bonds. The topological polar surface area (TPSA) is 59.8 Å². The molecule has 0 aliphatic carbocycles. The number of halogens is 1. The van der Waals surface area contributed by atoms with Gasteiger partial charge in [0, 0.05) is 11.0 Å². The molecule has 0 saturated heterocycles. The summed E-state index contributed by atoms with van der Waals surface area (Å²) in [7, 11) is 1.63. The molecule has 0 fully saturated rings. The van der Waals surface area contributed by atoms with Gasteiger partial charge in [-0.15, -0.1) is 0 Å². The average molecular weight is 518 g/mol. The van der Waals surface area contributed by atoms with Crippen LogP contribution >= 0.6 is 15.9 Å². The van der Waals surface area contributed by atoms with Crippen molar-refractivity contribution in [3.05, 3.63) is 109 Å². The zero-order chi connectivity index (χ0) is 24.0. The van der Waals surface area contributed by atoms with Crippen LogP contribution in [0.4, 0.5) is 0 Å². The Kier molecular flexibility index (Phi) is 5.78. The van der Waals surface area contributed by atoms with Crippen LogP contribution in [-0.2, 0) is 6.42 Å². The molecule has 0 bridgehead atoms. The Balaban J connectivity index is 1.62. The van der Waals surface area contributed by atoms with Gasteiger partial charge >= 0.3 is 0 Å². The number of amides is 1. The molecule has 1 aliphatic heterocycles. The summed E-state index contributed by atoms with van der Waals surface area (Å²) in [6.45, 7) is 4.38. The van der Waals surface area contributed by atoms with Crippen molar-refractivity contribution in [1.82, 2.24) is 4.90 Å². The number of fused-ring (bicyclic) bond motifs is 2. The number of ether oxygens (including phenoxy) is 1. The van der Waals surface area contributed by atoms with Gasteiger partial charge in [-0.25, -0.2) is 0 Å². The first-order valence-electron chi connectivity index (χ1n) is 11.1. The van der Waals surface area contributed by atoms with Crippen molar-refractivity contribution in [2.45, 2.75) is 26.3 Å². The molecule has 1 aromatic heterocycles. The quantitative estimate of drug-likeness (QED) is 0.327. The minimum atomic E-state index is -0.513. The van der Waals surface area contributed by atoms with Gasteiger partial charge in [-0.05, 0) is 78.9 Å². The molecular weight excluding hydrogens is 494 g/mol.